The second kappa shape index (κ2) is 15.9. The van der Waals surface area contributed by atoms with E-state index in [4.69, 9.17) is 0 Å². The molecule has 39 heavy (non-hydrogen) atoms. The van der Waals surface area contributed by atoms with E-state index >= 15 is 4.39 Å². The Morgan fingerprint density at radius 1 is 0.641 bits per heavy atom. The van der Waals surface area contributed by atoms with Gasteiger partial charge in [0.05, 0.1) is 0 Å². The minimum Gasteiger partial charge on any atom is -0.206 e. The van der Waals surface area contributed by atoms with Gasteiger partial charge in [0, 0.05) is 16.5 Å². The lowest BCUT2D eigenvalue weighted by molar-refractivity contribution is 0.248. The van der Waals surface area contributed by atoms with Crippen molar-refractivity contribution in [1.82, 2.24) is 0 Å². The molecule has 1 saturated carbocycles. The quantitative estimate of drug-likeness (QED) is 0.154. The van der Waals surface area contributed by atoms with Gasteiger partial charge in [-0.2, -0.15) is 0 Å². The van der Waals surface area contributed by atoms with Crippen LogP contribution in [0.2, 0.25) is 0 Å². The standard InChI is InChI=1S/C38H49F/c1-3-5-7-8-10-12-31-15-19-33(20-16-31)23-25-35-26-27-36-29-34(24-28-37(36)38(35)39)22-21-32-17-13-30(14-18-32)11-9-6-4-2/h13-14,17-18,24,26-29,31,33H,3-12,15-16,19-20,23,25H2,1-2H3. The summed E-state index contributed by atoms with van der Waals surface area (Å²) in [5.41, 5.74) is 4.21. The van der Waals surface area contributed by atoms with E-state index in [1.165, 1.54) is 89.0 Å². The van der Waals surface area contributed by atoms with Crippen molar-refractivity contribution in [1.29, 1.82) is 0 Å². The van der Waals surface area contributed by atoms with Gasteiger partial charge in [-0.1, -0.05) is 133 Å². The second-order valence-electron chi connectivity index (χ2n) is 12.0. The SMILES string of the molecule is CCCCCCCC1CCC(CCc2ccc3cc(C#Cc4ccc(CCCCC)cc4)ccc3c2F)CC1. The van der Waals surface area contributed by atoms with Crippen LogP contribution in [0.1, 0.15) is 126 Å². The Morgan fingerprint density at radius 3 is 2.03 bits per heavy atom. The Hall–Kier alpha value is -2.59. The average molecular weight is 525 g/mol. The third-order valence-corrected chi connectivity index (χ3v) is 8.91. The molecule has 0 amide bonds. The molecule has 1 aliphatic rings. The molecule has 1 heteroatoms. The molecule has 0 spiro atoms. The molecule has 0 radical (unpaired) electrons. The first-order valence-corrected chi connectivity index (χ1v) is 16.0. The highest BCUT2D eigenvalue weighted by atomic mass is 19.1. The van der Waals surface area contributed by atoms with Gasteiger partial charge in [-0.05, 0) is 78.3 Å². The Balaban J connectivity index is 1.27. The predicted octanol–water partition coefficient (Wildman–Crippen LogP) is 11.2. The number of hydrogen-bond acceptors (Lipinski definition) is 0. The molecular formula is C38H49F. The van der Waals surface area contributed by atoms with Crippen molar-refractivity contribution >= 4 is 10.8 Å². The summed E-state index contributed by atoms with van der Waals surface area (Å²) in [6, 6.07) is 18.6. The van der Waals surface area contributed by atoms with Crippen LogP contribution in [0, 0.1) is 29.5 Å². The molecule has 0 bridgehead atoms. The monoisotopic (exact) mass is 524 g/mol. The van der Waals surface area contributed by atoms with Crippen molar-refractivity contribution in [3.05, 3.63) is 82.7 Å². The number of aryl methyl sites for hydroxylation is 2. The summed E-state index contributed by atoms with van der Waals surface area (Å²) >= 11 is 0. The predicted molar refractivity (Wildman–Crippen MR) is 167 cm³/mol. The van der Waals surface area contributed by atoms with Crippen LogP contribution >= 0.6 is 0 Å². The number of benzene rings is 3. The van der Waals surface area contributed by atoms with Crippen LogP contribution in [0.5, 0.6) is 0 Å². The molecule has 208 valence electrons. The van der Waals surface area contributed by atoms with Crippen molar-refractivity contribution in [2.45, 2.75) is 117 Å². The third kappa shape index (κ3) is 9.24. The van der Waals surface area contributed by atoms with Crippen LogP contribution in [0.3, 0.4) is 0 Å². The molecule has 3 aromatic carbocycles. The summed E-state index contributed by atoms with van der Waals surface area (Å²) < 4.78 is 15.4. The molecule has 0 atom stereocenters. The van der Waals surface area contributed by atoms with Gasteiger partial charge in [-0.15, -0.1) is 0 Å². The minimum atomic E-state index is -0.0357. The minimum absolute atomic E-state index is 0.0357. The van der Waals surface area contributed by atoms with E-state index < -0.39 is 0 Å². The van der Waals surface area contributed by atoms with Crippen LogP contribution < -0.4 is 0 Å². The van der Waals surface area contributed by atoms with Gasteiger partial charge in [0.2, 0.25) is 0 Å². The molecule has 0 heterocycles. The first kappa shape index (κ1) is 29.4. The molecule has 0 saturated heterocycles. The lowest BCUT2D eigenvalue weighted by Gasteiger charge is -2.28. The average Bonchev–Trinajstić information content (AvgIpc) is 2.97. The fourth-order valence-corrected chi connectivity index (χ4v) is 6.29. The van der Waals surface area contributed by atoms with E-state index in [1.807, 2.05) is 24.3 Å². The van der Waals surface area contributed by atoms with Gasteiger partial charge in [0.1, 0.15) is 5.82 Å². The first-order valence-electron chi connectivity index (χ1n) is 16.0. The third-order valence-electron chi connectivity index (χ3n) is 8.91. The zero-order valence-corrected chi connectivity index (χ0v) is 24.5. The van der Waals surface area contributed by atoms with Crippen molar-refractivity contribution < 1.29 is 4.39 Å². The maximum absolute atomic E-state index is 15.4. The Bertz CT molecular complexity index is 1200. The maximum atomic E-state index is 15.4. The van der Waals surface area contributed by atoms with E-state index in [0.717, 1.165) is 58.6 Å². The van der Waals surface area contributed by atoms with Gasteiger partial charge in [0.25, 0.3) is 0 Å². The number of fused-ring (bicyclic) bond motifs is 1. The molecule has 1 aliphatic carbocycles. The van der Waals surface area contributed by atoms with Crippen molar-refractivity contribution in [3.8, 4) is 11.8 Å². The summed E-state index contributed by atoms with van der Waals surface area (Å²) in [5, 5.41) is 1.66. The Labute approximate surface area is 237 Å². The molecule has 3 aromatic rings. The summed E-state index contributed by atoms with van der Waals surface area (Å²) in [6.07, 6.45) is 20.7. The summed E-state index contributed by atoms with van der Waals surface area (Å²) in [7, 11) is 0. The van der Waals surface area contributed by atoms with Crippen LogP contribution in [0.4, 0.5) is 4.39 Å². The fourth-order valence-electron chi connectivity index (χ4n) is 6.29. The molecule has 0 aromatic heterocycles. The zero-order valence-electron chi connectivity index (χ0n) is 24.5. The van der Waals surface area contributed by atoms with Gasteiger partial charge in [-0.25, -0.2) is 4.39 Å². The fraction of sp³-hybridized carbons (Fsp3) is 0.526. The highest BCUT2D eigenvalue weighted by Gasteiger charge is 2.21. The van der Waals surface area contributed by atoms with Crippen LogP contribution in [0.15, 0.2) is 54.6 Å². The molecule has 0 aliphatic heterocycles. The van der Waals surface area contributed by atoms with Crippen LogP contribution in [0.25, 0.3) is 10.8 Å². The number of unbranched alkanes of at least 4 members (excludes halogenated alkanes) is 6. The maximum Gasteiger partial charge on any atom is 0.134 e. The normalized spacial score (nSPS) is 17.2. The topological polar surface area (TPSA) is 0 Å². The number of hydrogen-bond donors (Lipinski definition) is 0. The van der Waals surface area contributed by atoms with E-state index in [2.05, 4.69) is 56.0 Å². The molecular weight excluding hydrogens is 475 g/mol. The second-order valence-corrected chi connectivity index (χ2v) is 12.0. The summed E-state index contributed by atoms with van der Waals surface area (Å²) in [4.78, 5) is 0. The Morgan fingerprint density at radius 2 is 1.28 bits per heavy atom. The van der Waals surface area contributed by atoms with Crippen LogP contribution in [-0.4, -0.2) is 0 Å². The van der Waals surface area contributed by atoms with Crippen LogP contribution in [-0.2, 0) is 12.8 Å². The van der Waals surface area contributed by atoms with Crippen molar-refractivity contribution in [2.24, 2.45) is 11.8 Å². The number of rotatable bonds is 13. The molecule has 0 unspecified atom stereocenters. The highest BCUT2D eigenvalue weighted by Crippen LogP contribution is 2.35. The van der Waals surface area contributed by atoms with Gasteiger partial charge < -0.3 is 0 Å². The molecule has 1 fully saturated rings. The molecule has 0 nitrogen and oxygen atoms in total. The molecule has 0 N–H and O–H groups in total. The largest absolute Gasteiger partial charge is 0.206 e. The smallest absolute Gasteiger partial charge is 0.134 e. The Kier molecular flexibility index (Phi) is 12.0. The summed E-state index contributed by atoms with van der Waals surface area (Å²) in [6.45, 7) is 4.52. The summed E-state index contributed by atoms with van der Waals surface area (Å²) in [5.74, 6) is 8.23. The van der Waals surface area contributed by atoms with E-state index in [9.17, 15) is 0 Å². The van der Waals surface area contributed by atoms with Crippen molar-refractivity contribution in [3.63, 3.8) is 0 Å². The lowest BCUT2D eigenvalue weighted by atomic mass is 9.77. The van der Waals surface area contributed by atoms with Gasteiger partial charge in [-0.3, -0.25) is 0 Å². The van der Waals surface area contributed by atoms with E-state index in [-0.39, 0.29) is 5.82 Å². The van der Waals surface area contributed by atoms with Gasteiger partial charge in [0.15, 0.2) is 0 Å². The van der Waals surface area contributed by atoms with Crippen molar-refractivity contribution in [2.75, 3.05) is 0 Å². The van der Waals surface area contributed by atoms with Gasteiger partial charge >= 0.3 is 0 Å². The lowest BCUT2D eigenvalue weighted by Crippen LogP contribution is -2.15. The first-order chi connectivity index (χ1) is 19.2. The number of halogens is 1. The highest BCUT2D eigenvalue weighted by molar-refractivity contribution is 5.85. The molecule has 4 rings (SSSR count). The van der Waals surface area contributed by atoms with E-state index in [0.29, 0.717) is 0 Å². The van der Waals surface area contributed by atoms with E-state index in [1.54, 1.807) is 0 Å². The zero-order chi connectivity index (χ0) is 27.3.